The third kappa shape index (κ3) is 6.49. The predicted octanol–water partition coefficient (Wildman–Crippen LogP) is 5.35. The van der Waals surface area contributed by atoms with E-state index in [0.29, 0.717) is 22.3 Å². The fourth-order valence-corrected chi connectivity index (χ4v) is 4.97. The van der Waals surface area contributed by atoms with Gasteiger partial charge in [-0.15, -0.1) is 0 Å². The molecule has 3 aromatic carbocycles. The van der Waals surface area contributed by atoms with Gasteiger partial charge in [0.2, 0.25) is 10.0 Å². The first kappa shape index (κ1) is 29.6. The van der Waals surface area contributed by atoms with E-state index in [1.54, 1.807) is 24.3 Å². The number of amides is 1. The molecular weight excluding hydrogens is 567 g/mol. The first-order valence-electron chi connectivity index (χ1n) is 12.0. The van der Waals surface area contributed by atoms with Crippen LogP contribution in [0, 0.1) is 0 Å². The van der Waals surface area contributed by atoms with Crippen LogP contribution in [0.1, 0.15) is 5.56 Å². The Balaban J connectivity index is 1.75. The fourth-order valence-electron chi connectivity index (χ4n) is 4.05. The molecule has 0 spiro atoms. The molecule has 1 amide bonds. The second-order valence-corrected chi connectivity index (χ2v) is 10.7. The van der Waals surface area contributed by atoms with Crippen molar-refractivity contribution in [1.29, 1.82) is 0 Å². The molecule has 10 nitrogen and oxygen atoms in total. The van der Waals surface area contributed by atoms with E-state index in [1.165, 1.54) is 38.4 Å². The largest absolute Gasteiger partial charge is 0.495 e. The number of rotatable bonds is 9. The number of carbonyl (C=O) groups excluding carboxylic acids is 1. The van der Waals surface area contributed by atoms with E-state index < -0.39 is 34.5 Å². The summed E-state index contributed by atoms with van der Waals surface area (Å²) in [7, 11) is -1.09. The number of aliphatic hydroxyl groups excluding tert-OH is 1. The molecule has 0 unspecified atom stereocenters. The smallest absolute Gasteiger partial charge is 0.416 e. The number of fused-ring (bicyclic) bond motifs is 1. The second-order valence-electron chi connectivity index (χ2n) is 8.76. The van der Waals surface area contributed by atoms with E-state index in [-0.39, 0.29) is 35.1 Å². The third-order valence-corrected chi connectivity index (χ3v) is 7.14. The Labute approximate surface area is 233 Å². The molecular formula is C27H26F3N3O7S. The van der Waals surface area contributed by atoms with Crippen molar-refractivity contribution in [3.8, 4) is 22.8 Å². The number of nitrogens with one attached hydrogen (secondary N) is 2. The number of ether oxygens (including phenoxy) is 2. The van der Waals surface area contributed by atoms with Crippen molar-refractivity contribution in [2.75, 3.05) is 43.2 Å². The van der Waals surface area contributed by atoms with Crippen LogP contribution in [0.3, 0.4) is 0 Å². The summed E-state index contributed by atoms with van der Waals surface area (Å²) in [5.74, 6) is 0.319. The van der Waals surface area contributed by atoms with E-state index >= 15 is 0 Å². The molecule has 1 aromatic heterocycles. The number of halogens is 3. The monoisotopic (exact) mass is 593 g/mol. The highest BCUT2D eigenvalue weighted by Gasteiger charge is 2.30. The Morgan fingerprint density at radius 1 is 1.05 bits per heavy atom. The Kier molecular flexibility index (Phi) is 8.35. The molecule has 0 fully saturated rings. The fraction of sp³-hybridized carbons (Fsp3) is 0.222. The van der Waals surface area contributed by atoms with Crippen LogP contribution in [0.25, 0.3) is 22.3 Å². The van der Waals surface area contributed by atoms with Crippen LogP contribution in [0.2, 0.25) is 0 Å². The quantitative estimate of drug-likeness (QED) is 0.237. The first-order valence-corrected chi connectivity index (χ1v) is 13.9. The standard InChI is InChI=1S/C27H26F3N3O7S/c1-31-26(35)40-25-20-14-23(38-2)21(33(12-13-34)41(3,36)37)15-22(20)39-24(25)16-4-8-18(9-5-16)32-19-10-6-17(7-11-19)27(28,29)30/h4-11,14-15,32,34H,12-13H2,1-3H3,(H,31,35). The Morgan fingerprint density at radius 2 is 1.66 bits per heavy atom. The average molecular weight is 594 g/mol. The molecule has 1 heterocycles. The maximum Gasteiger partial charge on any atom is 0.416 e. The van der Waals surface area contributed by atoms with Crippen LogP contribution in [0.5, 0.6) is 11.5 Å². The lowest BCUT2D eigenvalue weighted by molar-refractivity contribution is -0.137. The highest BCUT2D eigenvalue weighted by Crippen LogP contribution is 2.45. The number of carbonyl (C=O) groups is 1. The SMILES string of the molecule is CNC(=O)Oc1c(-c2ccc(Nc3ccc(C(F)(F)F)cc3)cc2)oc2cc(N(CCO)S(C)(=O)=O)c(OC)cc12. The zero-order chi connectivity index (χ0) is 29.9. The van der Waals surface area contributed by atoms with Gasteiger partial charge in [0, 0.05) is 30.1 Å². The molecule has 218 valence electrons. The predicted molar refractivity (Wildman–Crippen MR) is 147 cm³/mol. The molecule has 0 aliphatic rings. The van der Waals surface area contributed by atoms with Crippen molar-refractivity contribution >= 4 is 44.1 Å². The number of benzene rings is 3. The summed E-state index contributed by atoms with van der Waals surface area (Å²) in [6.07, 6.45) is -4.23. The molecule has 0 atom stereocenters. The van der Waals surface area contributed by atoms with Crippen LogP contribution in [0.15, 0.2) is 65.1 Å². The molecule has 14 heteroatoms. The van der Waals surface area contributed by atoms with Crippen molar-refractivity contribution in [1.82, 2.24) is 5.32 Å². The number of furan rings is 1. The number of anilines is 3. The maximum absolute atomic E-state index is 12.8. The number of hydrogen-bond donors (Lipinski definition) is 3. The van der Waals surface area contributed by atoms with Crippen molar-refractivity contribution in [2.24, 2.45) is 0 Å². The topological polar surface area (TPSA) is 130 Å². The highest BCUT2D eigenvalue weighted by atomic mass is 32.2. The molecule has 0 aliphatic heterocycles. The number of aliphatic hydroxyl groups is 1. The van der Waals surface area contributed by atoms with E-state index in [0.717, 1.165) is 22.7 Å². The lowest BCUT2D eigenvalue weighted by Gasteiger charge is -2.23. The lowest BCUT2D eigenvalue weighted by atomic mass is 10.1. The van der Waals surface area contributed by atoms with E-state index in [1.807, 2.05) is 0 Å². The lowest BCUT2D eigenvalue weighted by Crippen LogP contribution is -2.32. The van der Waals surface area contributed by atoms with Gasteiger partial charge in [0.05, 0.1) is 43.2 Å². The molecule has 4 rings (SSSR count). The normalized spacial score (nSPS) is 11.8. The number of methoxy groups -OCH3 is 1. The molecule has 0 bridgehead atoms. The summed E-state index contributed by atoms with van der Waals surface area (Å²) in [4.78, 5) is 12.2. The van der Waals surface area contributed by atoms with Gasteiger partial charge in [0.15, 0.2) is 11.5 Å². The minimum atomic E-state index is -4.44. The van der Waals surface area contributed by atoms with Crippen molar-refractivity contribution in [3.05, 3.63) is 66.2 Å². The maximum atomic E-state index is 12.8. The molecule has 0 saturated heterocycles. The van der Waals surface area contributed by atoms with Gasteiger partial charge in [-0.3, -0.25) is 4.31 Å². The minimum Gasteiger partial charge on any atom is -0.495 e. The van der Waals surface area contributed by atoms with Crippen LogP contribution in [-0.4, -0.2) is 53.2 Å². The van der Waals surface area contributed by atoms with Crippen molar-refractivity contribution in [2.45, 2.75) is 6.18 Å². The number of nitrogens with zero attached hydrogens (tertiary/aromatic N) is 1. The molecule has 0 radical (unpaired) electrons. The zero-order valence-corrected chi connectivity index (χ0v) is 22.9. The number of alkyl halides is 3. The van der Waals surface area contributed by atoms with Crippen LogP contribution >= 0.6 is 0 Å². The van der Waals surface area contributed by atoms with E-state index in [9.17, 15) is 31.5 Å². The van der Waals surface area contributed by atoms with Crippen LogP contribution in [0.4, 0.5) is 35.0 Å². The van der Waals surface area contributed by atoms with Gasteiger partial charge in [-0.2, -0.15) is 13.2 Å². The number of sulfonamides is 1. The molecule has 3 N–H and O–H groups in total. The van der Waals surface area contributed by atoms with Crippen molar-refractivity contribution in [3.63, 3.8) is 0 Å². The summed E-state index contributed by atoms with van der Waals surface area (Å²) in [6, 6.07) is 14.0. The molecule has 41 heavy (non-hydrogen) atoms. The van der Waals surface area contributed by atoms with Crippen molar-refractivity contribution < 1.29 is 45.4 Å². The Bertz CT molecular complexity index is 1650. The average Bonchev–Trinajstić information content (AvgIpc) is 3.27. The highest BCUT2D eigenvalue weighted by molar-refractivity contribution is 7.92. The van der Waals surface area contributed by atoms with E-state index in [2.05, 4.69) is 10.6 Å². The van der Waals surface area contributed by atoms with Gasteiger partial charge in [-0.1, -0.05) is 0 Å². The molecule has 4 aromatic rings. The second kappa shape index (κ2) is 11.6. The summed E-state index contributed by atoms with van der Waals surface area (Å²) in [6.45, 7) is -0.682. The summed E-state index contributed by atoms with van der Waals surface area (Å²) >= 11 is 0. The van der Waals surface area contributed by atoms with E-state index in [4.69, 9.17) is 13.9 Å². The first-order chi connectivity index (χ1) is 19.3. The van der Waals surface area contributed by atoms with Crippen LogP contribution < -0.4 is 24.4 Å². The Hall–Kier alpha value is -4.43. The molecule has 0 aliphatic carbocycles. The Morgan fingerprint density at radius 3 is 2.17 bits per heavy atom. The van der Waals surface area contributed by atoms with Gasteiger partial charge in [-0.05, 0) is 54.6 Å². The number of hydrogen-bond acceptors (Lipinski definition) is 8. The minimum absolute atomic E-state index is 0.0423. The third-order valence-electron chi connectivity index (χ3n) is 5.96. The van der Waals surface area contributed by atoms with Gasteiger partial charge in [0.25, 0.3) is 0 Å². The zero-order valence-electron chi connectivity index (χ0n) is 22.1. The van der Waals surface area contributed by atoms with Crippen LogP contribution in [-0.2, 0) is 16.2 Å². The summed E-state index contributed by atoms with van der Waals surface area (Å²) in [5.41, 5.74) is 1.01. The van der Waals surface area contributed by atoms with Gasteiger partial charge < -0.3 is 29.6 Å². The summed E-state index contributed by atoms with van der Waals surface area (Å²) < 4.78 is 81.3. The summed E-state index contributed by atoms with van der Waals surface area (Å²) in [5, 5.41) is 15.1. The van der Waals surface area contributed by atoms with Gasteiger partial charge in [0.1, 0.15) is 11.3 Å². The molecule has 0 saturated carbocycles. The van der Waals surface area contributed by atoms with Gasteiger partial charge >= 0.3 is 12.3 Å². The van der Waals surface area contributed by atoms with Gasteiger partial charge in [-0.25, -0.2) is 13.2 Å².